The lowest BCUT2D eigenvalue weighted by Crippen LogP contribution is -2.44. The molecule has 0 aromatic heterocycles. The van der Waals surface area contributed by atoms with Crippen LogP contribution in [0, 0.1) is 0 Å². The van der Waals surface area contributed by atoms with E-state index in [0.717, 1.165) is 24.0 Å². The van der Waals surface area contributed by atoms with Crippen molar-refractivity contribution in [2.75, 3.05) is 48.2 Å². The van der Waals surface area contributed by atoms with Crippen LogP contribution >= 0.6 is 0 Å². The molecule has 32 heavy (non-hydrogen) atoms. The molecule has 1 aliphatic heterocycles. The van der Waals surface area contributed by atoms with E-state index in [-0.39, 0.29) is 11.3 Å². The zero-order valence-corrected chi connectivity index (χ0v) is 19.1. The second kappa shape index (κ2) is 10.9. The number of benzene rings is 2. The van der Waals surface area contributed by atoms with E-state index >= 15 is 0 Å². The zero-order chi connectivity index (χ0) is 23.0. The van der Waals surface area contributed by atoms with Crippen LogP contribution in [0.1, 0.15) is 24.0 Å². The van der Waals surface area contributed by atoms with Crippen LogP contribution in [0.5, 0.6) is 23.0 Å². The maximum absolute atomic E-state index is 12.6. The first kappa shape index (κ1) is 23.5. The Morgan fingerprint density at radius 2 is 1.50 bits per heavy atom. The standard InChI is InChI=1S/C25H31NO6/c1-28-20-8-5-18(15-22(20)30-3)6-10-24(27)26-17-25(11-13-32-14-12-25)19-7-9-21(29-2)23(16-19)31-4/h5-10,15-16H,11-14,17H2,1-4H3,(H,26,27)/b10-6+. The molecule has 7 nitrogen and oxygen atoms in total. The molecule has 2 aromatic carbocycles. The molecule has 1 amide bonds. The van der Waals surface area contributed by atoms with Crippen LogP contribution in [0.15, 0.2) is 42.5 Å². The highest BCUT2D eigenvalue weighted by molar-refractivity contribution is 5.91. The Labute approximate surface area is 189 Å². The van der Waals surface area contributed by atoms with E-state index in [0.29, 0.717) is 42.8 Å². The Bertz CT molecular complexity index is 949. The lowest BCUT2D eigenvalue weighted by Gasteiger charge is -2.38. The molecule has 0 atom stereocenters. The molecule has 1 aliphatic rings. The van der Waals surface area contributed by atoms with E-state index in [9.17, 15) is 4.79 Å². The fourth-order valence-corrected chi connectivity index (χ4v) is 3.94. The topological polar surface area (TPSA) is 75.3 Å². The molecule has 0 bridgehead atoms. The van der Waals surface area contributed by atoms with Crippen molar-refractivity contribution in [1.29, 1.82) is 0 Å². The van der Waals surface area contributed by atoms with Crippen LogP contribution < -0.4 is 24.3 Å². The minimum Gasteiger partial charge on any atom is -0.493 e. The summed E-state index contributed by atoms with van der Waals surface area (Å²) in [5, 5.41) is 3.07. The number of methoxy groups -OCH3 is 4. The Kier molecular flexibility index (Phi) is 8.00. The van der Waals surface area contributed by atoms with E-state index in [2.05, 4.69) is 5.32 Å². The summed E-state index contributed by atoms with van der Waals surface area (Å²) in [4.78, 5) is 12.6. The molecular weight excluding hydrogens is 410 g/mol. The van der Waals surface area contributed by atoms with Crippen LogP contribution in [0.2, 0.25) is 0 Å². The van der Waals surface area contributed by atoms with Gasteiger partial charge in [0.25, 0.3) is 0 Å². The van der Waals surface area contributed by atoms with Gasteiger partial charge in [0.2, 0.25) is 5.91 Å². The van der Waals surface area contributed by atoms with Gasteiger partial charge in [-0.25, -0.2) is 0 Å². The van der Waals surface area contributed by atoms with Gasteiger partial charge in [-0.05, 0) is 54.3 Å². The molecule has 0 spiro atoms. The summed E-state index contributed by atoms with van der Waals surface area (Å²) in [7, 11) is 6.41. The minimum absolute atomic E-state index is 0.161. The number of amides is 1. The molecule has 2 aromatic rings. The fraction of sp³-hybridized carbons (Fsp3) is 0.400. The van der Waals surface area contributed by atoms with Crippen molar-refractivity contribution < 1.29 is 28.5 Å². The van der Waals surface area contributed by atoms with Crippen molar-refractivity contribution in [2.45, 2.75) is 18.3 Å². The molecule has 1 N–H and O–H groups in total. The smallest absolute Gasteiger partial charge is 0.244 e. The first-order chi connectivity index (χ1) is 15.5. The quantitative estimate of drug-likeness (QED) is 0.600. The van der Waals surface area contributed by atoms with Crippen LogP contribution in [0.3, 0.4) is 0 Å². The summed E-state index contributed by atoms with van der Waals surface area (Å²) >= 11 is 0. The van der Waals surface area contributed by atoms with Crippen molar-refractivity contribution in [1.82, 2.24) is 5.32 Å². The average molecular weight is 442 g/mol. The third kappa shape index (κ3) is 5.34. The molecular formula is C25H31NO6. The molecule has 3 rings (SSSR count). The van der Waals surface area contributed by atoms with E-state index in [1.807, 2.05) is 36.4 Å². The largest absolute Gasteiger partial charge is 0.493 e. The summed E-state index contributed by atoms with van der Waals surface area (Å²) in [5.41, 5.74) is 1.71. The lowest BCUT2D eigenvalue weighted by molar-refractivity contribution is -0.116. The Hall–Kier alpha value is -3.19. The number of carbonyl (C=O) groups is 1. The first-order valence-electron chi connectivity index (χ1n) is 10.5. The predicted octanol–water partition coefficient (Wildman–Crippen LogP) is 3.60. The highest BCUT2D eigenvalue weighted by atomic mass is 16.5. The molecule has 172 valence electrons. The van der Waals surface area contributed by atoms with Gasteiger partial charge in [-0.1, -0.05) is 12.1 Å². The highest BCUT2D eigenvalue weighted by Gasteiger charge is 2.35. The van der Waals surface area contributed by atoms with Gasteiger partial charge in [-0.2, -0.15) is 0 Å². The molecule has 0 unspecified atom stereocenters. The van der Waals surface area contributed by atoms with Crippen molar-refractivity contribution >= 4 is 12.0 Å². The van der Waals surface area contributed by atoms with Crippen molar-refractivity contribution in [3.8, 4) is 23.0 Å². The predicted molar refractivity (Wildman–Crippen MR) is 123 cm³/mol. The summed E-state index contributed by atoms with van der Waals surface area (Å²) in [6.07, 6.45) is 4.90. The molecule has 7 heteroatoms. The van der Waals surface area contributed by atoms with Gasteiger partial charge in [-0.15, -0.1) is 0 Å². The van der Waals surface area contributed by atoms with Crippen LogP contribution in [0.25, 0.3) is 6.08 Å². The van der Waals surface area contributed by atoms with Crippen LogP contribution in [0.4, 0.5) is 0 Å². The van der Waals surface area contributed by atoms with Crippen molar-refractivity contribution in [3.63, 3.8) is 0 Å². The van der Waals surface area contributed by atoms with Gasteiger partial charge in [-0.3, -0.25) is 4.79 Å². The summed E-state index contributed by atoms with van der Waals surface area (Å²) in [5.74, 6) is 2.46. The molecule has 1 saturated heterocycles. The monoisotopic (exact) mass is 441 g/mol. The third-order valence-electron chi connectivity index (χ3n) is 5.88. The number of carbonyl (C=O) groups excluding carboxylic acids is 1. The number of nitrogens with one attached hydrogen (secondary N) is 1. The second-order valence-corrected chi connectivity index (χ2v) is 7.63. The molecule has 1 heterocycles. The zero-order valence-electron chi connectivity index (χ0n) is 19.1. The Morgan fingerprint density at radius 3 is 2.12 bits per heavy atom. The van der Waals surface area contributed by atoms with E-state index < -0.39 is 0 Å². The van der Waals surface area contributed by atoms with Crippen LogP contribution in [-0.4, -0.2) is 54.1 Å². The summed E-state index contributed by atoms with van der Waals surface area (Å²) < 4.78 is 27.0. The summed E-state index contributed by atoms with van der Waals surface area (Å²) in [6, 6.07) is 11.4. The lowest BCUT2D eigenvalue weighted by atomic mass is 9.74. The van der Waals surface area contributed by atoms with E-state index in [1.165, 1.54) is 6.08 Å². The molecule has 0 aliphatic carbocycles. The average Bonchev–Trinajstić information content (AvgIpc) is 2.86. The SMILES string of the molecule is COc1ccc(/C=C/C(=O)NCC2(c3ccc(OC)c(OC)c3)CCOCC2)cc1OC. The number of rotatable bonds is 9. The maximum Gasteiger partial charge on any atom is 0.244 e. The number of ether oxygens (including phenoxy) is 5. The van der Waals surface area contributed by atoms with E-state index in [1.54, 1.807) is 34.5 Å². The molecule has 0 radical (unpaired) electrons. The summed E-state index contributed by atoms with van der Waals surface area (Å²) in [6.45, 7) is 1.79. The van der Waals surface area contributed by atoms with Crippen LogP contribution in [-0.2, 0) is 14.9 Å². The van der Waals surface area contributed by atoms with Gasteiger partial charge in [0, 0.05) is 31.2 Å². The van der Waals surface area contributed by atoms with E-state index in [4.69, 9.17) is 23.7 Å². The molecule has 0 saturated carbocycles. The first-order valence-corrected chi connectivity index (χ1v) is 10.5. The normalized spacial score (nSPS) is 15.2. The van der Waals surface area contributed by atoms with Crippen molar-refractivity contribution in [2.24, 2.45) is 0 Å². The number of hydrogen-bond acceptors (Lipinski definition) is 6. The number of hydrogen-bond donors (Lipinski definition) is 1. The fourth-order valence-electron chi connectivity index (χ4n) is 3.94. The maximum atomic E-state index is 12.6. The third-order valence-corrected chi connectivity index (χ3v) is 5.88. The highest BCUT2D eigenvalue weighted by Crippen LogP contribution is 2.39. The van der Waals surface area contributed by atoms with Gasteiger partial charge in [0.15, 0.2) is 23.0 Å². The minimum atomic E-state index is -0.232. The Balaban J connectivity index is 1.73. The van der Waals surface area contributed by atoms with Gasteiger partial charge < -0.3 is 29.0 Å². The van der Waals surface area contributed by atoms with Gasteiger partial charge in [0.05, 0.1) is 28.4 Å². The second-order valence-electron chi connectivity index (χ2n) is 7.63. The Morgan fingerprint density at radius 1 is 0.906 bits per heavy atom. The molecule has 1 fully saturated rings. The van der Waals surface area contributed by atoms with Gasteiger partial charge in [0.1, 0.15) is 0 Å². The van der Waals surface area contributed by atoms with Crippen molar-refractivity contribution in [3.05, 3.63) is 53.6 Å². The van der Waals surface area contributed by atoms with Gasteiger partial charge >= 0.3 is 0 Å².